The predicted octanol–water partition coefficient (Wildman–Crippen LogP) is 4.10. The lowest BCUT2D eigenvalue weighted by atomic mass is 10.0. The second-order valence-corrected chi connectivity index (χ2v) is 4.33. The Balaban J connectivity index is 2.78. The highest BCUT2D eigenvalue weighted by atomic mass is 35.5. The van der Waals surface area contributed by atoms with Gasteiger partial charge in [0.25, 0.3) is 0 Å². The van der Waals surface area contributed by atoms with E-state index in [2.05, 4.69) is 37.4 Å². The minimum absolute atomic E-state index is 0.433. The summed E-state index contributed by atoms with van der Waals surface area (Å²) in [6, 6.07) is 6.77. The van der Waals surface area contributed by atoms with Gasteiger partial charge in [0, 0.05) is 11.1 Å². The highest BCUT2D eigenvalue weighted by Crippen LogP contribution is 2.23. The molecule has 1 rings (SSSR count). The maximum Gasteiger partial charge on any atom is 0.0438 e. The molecule has 0 aliphatic carbocycles. The van der Waals surface area contributed by atoms with Gasteiger partial charge in [-0.25, -0.2) is 0 Å². The van der Waals surface area contributed by atoms with E-state index in [9.17, 15) is 0 Å². The van der Waals surface area contributed by atoms with Gasteiger partial charge in [0.1, 0.15) is 0 Å². The first-order valence-corrected chi connectivity index (χ1v) is 6.06. The van der Waals surface area contributed by atoms with Crippen LogP contribution >= 0.6 is 11.6 Å². The van der Waals surface area contributed by atoms with E-state index in [-0.39, 0.29) is 0 Å². The SMILES string of the molecule is CCCNC(CC)c1ccc(C)c(Cl)c1. The van der Waals surface area contributed by atoms with Crippen molar-refractivity contribution in [2.24, 2.45) is 0 Å². The Morgan fingerprint density at radius 1 is 1.33 bits per heavy atom. The zero-order chi connectivity index (χ0) is 11.3. The van der Waals surface area contributed by atoms with Gasteiger partial charge < -0.3 is 5.32 Å². The van der Waals surface area contributed by atoms with E-state index in [0.29, 0.717) is 6.04 Å². The Labute approximate surface area is 97.8 Å². The van der Waals surface area contributed by atoms with Crippen LogP contribution < -0.4 is 5.32 Å². The van der Waals surface area contributed by atoms with Crippen LogP contribution in [-0.2, 0) is 0 Å². The third-order valence-electron chi connectivity index (χ3n) is 2.65. The van der Waals surface area contributed by atoms with Crippen molar-refractivity contribution in [2.75, 3.05) is 6.54 Å². The predicted molar refractivity (Wildman–Crippen MR) is 67.5 cm³/mol. The lowest BCUT2D eigenvalue weighted by Crippen LogP contribution is -2.21. The molecule has 2 heteroatoms. The number of halogens is 1. The van der Waals surface area contributed by atoms with Gasteiger partial charge in [0.15, 0.2) is 0 Å². The average molecular weight is 226 g/mol. The topological polar surface area (TPSA) is 12.0 Å². The van der Waals surface area contributed by atoms with E-state index < -0.39 is 0 Å². The summed E-state index contributed by atoms with van der Waals surface area (Å²) in [5.41, 5.74) is 2.44. The van der Waals surface area contributed by atoms with Crippen LogP contribution in [0.5, 0.6) is 0 Å². The normalized spacial score (nSPS) is 12.8. The molecule has 0 aliphatic heterocycles. The Kier molecular flexibility index (Phi) is 5.13. The highest BCUT2D eigenvalue weighted by molar-refractivity contribution is 6.31. The van der Waals surface area contributed by atoms with Crippen LogP contribution in [0.3, 0.4) is 0 Å². The van der Waals surface area contributed by atoms with Crippen molar-refractivity contribution >= 4 is 11.6 Å². The molecular weight excluding hydrogens is 206 g/mol. The van der Waals surface area contributed by atoms with Crippen molar-refractivity contribution in [1.82, 2.24) is 5.32 Å². The van der Waals surface area contributed by atoms with Crippen LogP contribution in [0.15, 0.2) is 18.2 Å². The summed E-state index contributed by atoms with van der Waals surface area (Å²) in [6.07, 6.45) is 2.26. The summed E-state index contributed by atoms with van der Waals surface area (Å²) in [5, 5.41) is 4.39. The lowest BCUT2D eigenvalue weighted by molar-refractivity contribution is 0.518. The molecule has 1 unspecified atom stereocenters. The van der Waals surface area contributed by atoms with E-state index in [4.69, 9.17) is 11.6 Å². The molecule has 0 bridgehead atoms. The summed E-state index contributed by atoms with van der Waals surface area (Å²) >= 11 is 6.12. The molecule has 0 aliphatic rings. The molecule has 0 heterocycles. The van der Waals surface area contributed by atoms with Crippen molar-refractivity contribution < 1.29 is 0 Å². The maximum atomic E-state index is 6.12. The number of hydrogen-bond donors (Lipinski definition) is 1. The van der Waals surface area contributed by atoms with Crippen LogP contribution in [0, 0.1) is 6.92 Å². The molecule has 0 saturated heterocycles. The fourth-order valence-corrected chi connectivity index (χ4v) is 1.83. The van der Waals surface area contributed by atoms with E-state index >= 15 is 0 Å². The minimum Gasteiger partial charge on any atom is -0.310 e. The number of nitrogens with one attached hydrogen (secondary N) is 1. The van der Waals surface area contributed by atoms with E-state index in [1.165, 1.54) is 5.56 Å². The fourth-order valence-electron chi connectivity index (χ4n) is 1.64. The second kappa shape index (κ2) is 6.14. The number of benzene rings is 1. The van der Waals surface area contributed by atoms with Crippen molar-refractivity contribution in [2.45, 2.75) is 39.7 Å². The zero-order valence-electron chi connectivity index (χ0n) is 9.81. The van der Waals surface area contributed by atoms with Crippen LogP contribution in [0.1, 0.15) is 43.9 Å². The number of hydrogen-bond acceptors (Lipinski definition) is 1. The largest absolute Gasteiger partial charge is 0.310 e. The number of rotatable bonds is 5. The molecule has 1 atom stereocenters. The third kappa shape index (κ3) is 3.51. The minimum atomic E-state index is 0.433. The maximum absolute atomic E-state index is 6.12. The van der Waals surface area contributed by atoms with Crippen LogP contribution in [0.4, 0.5) is 0 Å². The monoisotopic (exact) mass is 225 g/mol. The van der Waals surface area contributed by atoms with Gasteiger partial charge in [-0.3, -0.25) is 0 Å². The quantitative estimate of drug-likeness (QED) is 0.796. The summed E-state index contributed by atoms with van der Waals surface area (Å²) in [6.45, 7) is 7.47. The summed E-state index contributed by atoms with van der Waals surface area (Å²) < 4.78 is 0. The summed E-state index contributed by atoms with van der Waals surface area (Å²) in [7, 11) is 0. The second-order valence-electron chi connectivity index (χ2n) is 3.92. The molecule has 15 heavy (non-hydrogen) atoms. The van der Waals surface area contributed by atoms with Gasteiger partial charge in [-0.15, -0.1) is 0 Å². The Morgan fingerprint density at radius 3 is 2.60 bits per heavy atom. The molecule has 0 saturated carbocycles. The van der Waals surface area contributed by atoms with Gasteiger partial charge in [-0.1, -0.05) is 37.6 Å². The van der Waals surface area contributed by atoms with Crippen molar-refractivity contribution in [3.8, 4) is 0 Å². The Bertz CT molecular complexity index is 309. The average Bonchev–Trinajstić information content (AvgIpc) is 2.24. The van der Waals surface area contributed by atoms with Crippen LogP contribution in [0.2, 0.25) is 5.02 Å². The first-order valence-electron chi connectivity index (χ1n) is 5.68. The van der Waals surface area contributed by atoms with Gasteiger partial charge in [0.05, 0.1) is 0 Å². The van der Waals surface area contributed by atoms with Gasteiger partial charge >= 0.3 is 0 Å². The fraction of sp³-hybridized carbons (Fsp3) is 0.538. The van der Waals surface area contributed by atoms with E-state index in [1.807, 2.05) is 6.92 Å². The highest BCUT2D eigenvalue weighted by Gasteiger charge is 2.08. The lowest BCUT2D eigenvalue weighted by Gasteiger charge is -2.17. The van der Waals surface area contributed by atoms with Gasteiger partial charge in [-0.05, 0) is 43.5 Å². The molecule has 0 radical (unpaired) electrons. The molecule has 0 aromatic heterocycles. The molecule has 84 valence electrons. The van der Waals surface area contributed by atoms with Crippen molar-refractivity contribution in [3.63, 3.8) is 0 Å². The van der Waals surface area contributed by atoms with E-state index in [0.717, 1.165) is 30.0 Å². The number of aryl methyl sites for hydroxylation is 1. The van der Waals surface area contributed by atoms with Crippen molar-refractivity contribution in [3.05, 3.63) is 34.3 Å². The molecule has 0 spiro atoms. The van der Waals surface area contributed by atoms with Gasteiger partial charge in [-0.2, -0.15) is 0 Å². The van der Waals surface area contributed by atoms with Crippen LogP contribution in [-0.4, -0.2) is 6.54 Å². The molecule has 0 amide bonds. The standard InChI is InChI=1S/C13H20ClN/c1-4-8-15-13(5-2)11-7-6-10(3)12(14)9-11/h6-7,9,13,15H,4-5,8H2,1-3H3. The van der Waals surface area contributed by atoms with Crippen LogP contribution in [0.25, 0.3) is 0 Å². The summed E-state index contributed by atoms with van der Waals surface area (Å²) in [4.78, 5) is 0. The smallest absolute Gasteiger partial charge is 0.0438 e. The first-order chi connectivity index (χ1) is 7.19. The Hall–Kier alpha value is -0.530. The van der Waals surface area contributed by atoms with Crippen molar-refractivity contribution in [1.29, 1.82) is 0 Å². The third-order valence-corrected chi connectivity index (χ3v) is 3.05. The molecule has 1 aromatic carbocycles. The molecule has 1 nitrogen and oxygen atoms in total. The zero-order valence-corrected chi connectivity index (χ0v) is 10.6. The molecular formula is C13H20ClN. The summed E-state index contributed by atoms with van der Waals surface area (Å²) in [5.74, 6) is 0. The molecule has 0 fully saturated rings. The first kappa shape index (κ1) is 12.5. The molecule has 1 N–H and O–H groups in total. The van der Waals surface area contributed by atoms with E-state index in [1.54, 1.807) is 0 Å². The molecule has 1 aromatic rings. The van der Waals surface area contributed by atoms with Gasteiger partial charge in [0.2, 0.25) is 0 Å². The Morgan fingerprint density at radius 2 is 2.07 bits per heavy atom.